The van der Waals surface area contributed by atoms with E-state index in [-0.39, 0.29) is 33.5 Å². The normalized spacial score (nSPS) is 10.7. The van der Waals surface area contributed by atoms with Gasteiger partial charge in [0.15, 0.2) is 11.2 Å². The van der Waals surface area contributed by atoms with Gasteiger partial charge in [-0.3, -0.25) is 9.59 Å². The van der Waals surface area contributed by atoms with Gasteiger partial charge in [0, 0.05) is 17.7 Å². The van der Waals surface area contributed by atoms with Crippen molar-refractivity contribution in [3.8, 4) is 17.1 Å². The number of phenolic OH excluding ortho intramolecular Hbond substituents is 1. The smallest absolute Gasteiger partial charge is 0.193 e. The predicted molar refractivity (Wildman–Crippen MR) is 79.6 cm³/mol. The Balaban J connectivity index is 2.29. The molecule has 2 aromatic carbocycles. The van der Waals surface area contributed by atoms with Crippen molar-refractivity contribution < 1.29 is 14.3 Å². The van der Waals surface area contributed by atoms with E-state index in [0.29, 0.717) is 5.76 Å². The number of fused-ring (bicyclic) bond motifs is 1. The third kappa shape index (κ3) is 2.31. The maximum absolute atomic E-state index is 12.2. The van der Waals surface area contributed by atoms with Gasteiger partial charge in [-0.2, -0.15) is 0 Å². The van der Waals surface area contributed by atoms with Crippen molar-refractivity contribution in [2.75, 3.05) is 0 Å². The molecule has 1 N–H and O–H groups in total. The average molecular weight is 280 g/mol. The number of aromatic hydroxyl groups is 1. The van der Waals surface area contributed by atoms with Gasteiger partial charge in [-0.15, -0.1) is 0 Å². The Bertz CT molecular complexity index is 892. The number of benzene rings is 2. The zero-order valence-corrected chi connectivity index (χ0v) is 11.3. The van der Waals surface area contributed by atoms with E-state index in [9.17, 15) is 14.7 Å². The van der Waals surface area contributed by atoms with Crippen molar-refractivity contribution in [2.24, 2.45) is 0 Å². The van der Waals surface area contributed by atoms with Crippen LogP contribution in [0.25, 0.3) is 22.3 Å². The summed E-state index contributed by atoms with van der Waals surface area (Å²) in [5.41, 5.74) is 0.885. The molecule has 0 aliphatic rings. The minimum absolute atomic E-state index is 0.113. The van der Waals surface area contributed by atoms with Crippen LogP contribution in [0.1, 0.15) is 17.3 Å². The van der Waals surface area contributed by atoms with Gasteiger partial charge in [-0.05, 0) is 13.0 Å². The lowest BCUT2D eigenvalue weighted by molar-refractivity contribution is 0.101. The molecule has 0 unspecified atom stereocenters. The predicted octanol–water partition coefficient (Wildman–Crippen LogP) is 3.37. The molecular formula is C17H12O4. The summed E-state index contributed by atoms with van der Waals surface area (Å²) in [4.78, 5) is 23.6. The third-order valence-electron chi connectivity index (χ3n) is 3.28. The molecule has 0 saturated carbocycles. The van der Waals surface area contributed by atoms with Crippen molar-refractivity contribution in [3.05, 3.63) is 64.3 Å². The van der Waals surface area contributed by atoms with E-state index in [1.807, 2.05) is 30.3 Å². The summed E-state index contributed by atoms with van der Waals surface area (Å²) < 4.78 is 5.67. The second-order valence-corrected chi connectivity index (χ2v) is 4.76. The van der Waals surface area contributed by atoms with Gasteiger partial charge in [0.2, 0.25) is 0 Å². The minimum atomic E-state index is -0.305. The van der Waals surface area contributed by atoms with Gasteiger partial charge in [0.05, 0.1) is 10.9 Å². The van der Waals surface area contributed by atoms with Crippen LogP contribution < -0.4 is 5.43 Å². The highest BCUT2D eigenvalue weighted by Gasteiger charge is 2.13. The molecule has 4 heteroatoms. The van der Waals surface area contributed by atoms with Crippen LogP contribution >= 0.6 is 0 Å². The number of hydrogen-bond acceptors (Lipinski definition) is 4. The van der Waals surface area contributed by atoms with E-state index in [1.54, 1.807) is 0 Å². The fraction of sp³-hybridized carbons (Fsp3) is 0.0588. The molecule has 0 saturated heterocycles. The minimum Gasteiger partial charge on any atom is -0.507 e. The van der Waals surface area contributed by atoms with Crippen LogP contribution in [0.5, 0.6) is 5.75 Å². The Morgan fingerprint density at radius 3 is 2.48 bits per heavy atom. The molecule has 3 aromatic rings. The standard InChI is InChI=1S/C17H12O4/c1-10(18)12-7-13-15(20)8-16(11-5-3-2-4-6-11)21-17(13)9-14(12)19/h2-9,19H,1H3. The van der Waals surface area contributed by atoms with Crippen LogP contribution in [0.3, 0.4) is 0 Å². The summed E-state index contributed by atoms with van der Waals surface area (Å²) in [6.07, 6.45) is 0. The number of phenols is 1. The summed E-state index contributed by atoms with van der Waals surface area (Å²) in [6.45, 7) is 1.33. The van der Waals surface area contributed by atoms with Gasteiger partial charge in [-0.25, -0.2) is 0 Å². The molecule has 0 spiro atoms. The van der Waals surface area contributed by atoms with Crippen LogP contribution in [0.4, 0.5) is 0 Å². The summed E-state index contributed by atoms with van der Waals surface area (Å²) >= 11 is 0. The first-order chi connectivity index (χ1) is 10.1. The van der Waals surface area contributed by atoms with Crippen molar-refractivity contribution >= 4 is 16.8 Å². The highest BCUT2D eigenvalue weighted by Crippen LogP contribution is 2.27. The number of hydrogen-bond donors (Lipinski definition) is 1. The molecule has 1 heterocycles. The lowest BCUT2D eigenvalue weighted by Gasteiger charge is -2.06. The third-order valence-corrected chi connectivity index (χ3v) is 3.28. The number of carbonyl (C=O) groups is 1. The van der Waals surface area contributed by atoms with E-state index in [2.05, 4.69) is 0 Å². The highest BCUT2D eigenvalue weighted by molar-refractivity contribution is 6.00. The fourth-order valence-electron chi connectivity index (χ4n) is 2.22. The second kappa shape index (κ2) is 4.90. The molecule has 21 heavy (non-hydrogen) atoms. The Hall–Kier alpha value is -2.88. The summed E-state index contributed by atoms with van der Waals surface area (Å²) in [6, 6.07) is 13.3. The molecule has 0 fully saturated rings. The highest BCUT2D eigenvalue weighted by atomic mass is 16.3. The topological polar surface area (TPSA) is 67.5 Å². The van der Waals surface area contributed by atoms with Crippen molar-refractivity contribution in [2.45, 2.75) is 6.92 Å². The number of ketones is 1. The second-order valence-electron chi connectivity index (χ2n) is 4.76. The molecular weight excluding hydrogens is 268 g/mol. The van der Waals surface area contributed by atoms with Crippen molar-refractivity contribution in [1.29, 1.82) is 0 Å². The summed E-state index contributed by atoms with van der Waals surface area (Å²) in [5.74, 6) is -0.0765. The van der Waals surface area contributed by atoms with Gasteiger partial charge >= 0.3 is 0 Å². The first-order valence-corrected chi connectivity index (χ1v) is 6.43. The first-order valence-electron chi connectivity index (χ1n) is 6.43. The fourth-order valence-corrected chi connectivity index (χ4v) is 2.22. The number of Topliss-reactive ketones (excluding diaryl/α,β-unsaturated/α-hetero) is 1. The van der Waals surface area contributed by atoms with Crippen LogP contribution in [0.15, 0.2) is 57.7 Å². The van der Waals surface area contributed by atoms with E-state index >= 15 is 0 Å². The Kier molecular flexibility index (Phi) is 3.06. The van der Waals surface area contributed by atoms with Crippen LogP contribution in [0, 0.1) is 0 Å². The zero-order chi connectivity index (χ0) is 15.0. The Morgan fingerprint density at radius 2 is 1.81 bits per heavy atom. The van der Waals surface area contributed by atoms with E-state index in [4.69, 9.17) is 4.42 Å². The largest absolute Gasteiger partial charge is 0.507 e. The molecule has 4 nitrogen and oxygen atoms in total. The molecule has 1 aromatic heterocycles. The van der Waals surface area contributed by atoms with Crippen LogP contribution in [-0.2, 0) is 0 Å². The molecule has 3 rings (SSSR count). The monoisotopic (exact) mass is 280 g/mol. The van der Waals surface area contributed by atoms with Crippen LogP contribution in [0.2, 0.25) is 0 Å². The van der Waals surface area contributed by atoms with E-state index in [0.717, 1.165) is 5.56 Å². The molecule has 0 amide bonds. The van der Waals surface area contributed by atoms with Gasteiger partial charge < -0.3 is 9.52 Å². The van der Waals surface area contributed by atoms with Gasteiger partial charge in [0.1, 0.15) is 17.1 Å². The molecule has 0 radical (unpaired) electrons. The Labute approximate surface area is 120 Å². The average Bonchev–Trinajstić information content (AvgIpc) is 2.47. The molecule has 0 bridgehead atoms. The maximum Gasteiger partial charge on any atom is 0.193 e. The van der Waals surface area contributed by atoms with Crippen LogP contribution in [-0.4, -0.2) is 10.9 Å². The SMILES string of the molecule is CC(=O)c1cc2c(=O)cc(-c3ccccc3)oc2cc1O. The summed E-state index contributed by atoms with van der Waals surface area (Å²) in [7, 11) is 0. The molecule has 0 aliphatic heterocycles. The van der Waals surface area contributed by atoms with Crippen molar-refractivity contribution in [1.82, 2.24) is 0 Å². The molecule has 104 valence electrons. The van der Waals surface area contributed by atoms with E-state index < -0.39 is 0 Å². The molecule has 0 aliphatic carbocycles. The van der Waals surface area contributed by atoms with Crippen molar-refractivity contribution in [3.63, 3.8) is 0 Å². The van der Waals surface area contributed by atoms with Gasteiger partial charge in [0.25, 0.3) is 0 Å². The lowest BCUT2D eigenvalue weighted by atomic mass is 10.1. The number of carbonyl (C=O) groups excluding carboxylic acids is 1. The lowest BCUT2D eigenvalue weighted by Crippen LogP contribution is -2.03. The quantitative estimate of drug-likeness (QED) is 0.731. The summed E-state index contributed by atoms with van der Waals surface area (Å²) in [5, 5.41) is 10.1. The van der Waals surface area contributed by atoms with E-state index in [1.165, 1.54) is 25.1 Å². The van der Waals surface area contributed by atoms with Gasteiger partial charge in [-0.1, -0.05) is 30.3 Å². The Morgan fingerprint density at radius 1 is 1.10 bits per heavy atom. The zero-order valence-electron chi connectivity index (χ0n) is 11.3. The number of rotatable bonds is 2. The maximum atomic E-state index is 12.2. The molecule has 0 atom stereocenters. The first kappa shape index (κ1) is 13.1.